The van der Waals surface area contributed by atoms with Gasteiger partial charge < -0.3 is 29.2 Å². The molecule has 0 aromatic rings. The Balaban J connectivity index is -0.000000704. The van der Waals surface area contributed by atoms with Crippen molar-refractivity contribution in [3.8, 4) is 0 Å². The van der Waals surface area contributed by atoms with E-state index in [9.17, 15) is 62.4 Å². The van der Waals surface area contributed by atoms with E-state index in [1.165, 1.54) is 0 Å². The number of hydrogen-bond acceptors (Lipinski definition) is 16. The van der Waals surface area contributed by atoms with Gasteiger partial charge in [-0.05, 0) is 78.1 Å². The summed E-state index contributed by atoms with van der Waals surface area (Å²) in [6.07, 6.45) is 12.3. The molecule has 16 nitrogen and oxygen atoms in total. The molecule has 2 atom stereocenters. The van der Waals surface area contributed by atoms with Crippen LogP contribution in [0.4, 0.5) is 26.3 Å². The van der Waals surface area contributed by atoms with Gasteiger partial charge in [-0.2, -0.15) is 0 Å². The molecule has 2 unspecified atom stereocenters. The van der Waals surface area contributed by atoms with E-state index in [1.807, 2.05) is 0 Å². The number of carbonyl (C=O) groups is 4. The predicted octanol–water partition coefficient (Wildman–Crippen LogP) is 4.71. The van der Waals surface area contributed by atoms with Gasteiger partial charge in [-0.25, -0.2) is 0 Å². The second-order valence-electron chi connectivity index (χ2n) is 11.1. The van der Waals surface area contributed by atoms with E-state index in [0.717, 1.165) is 32.1 Å². The van der Waals surface area contributed by atoms with Crippen LogP contribution in [0.3, 0.4) is 0 Å². The first kappa shape index (κ1) is 58.8. The second kappa shape index (κ2) is 33.3. The summed E-state index contributed by atoms with van der Waals surface area (Å²) in [7, 11) is -12.3. The zero-order valence-corrected chi connectivity index (χ0v) is 36.1. The van der Waals surface area contributed by atoms with Gasteiger partial charge in [-0.1, -0.05) is 12.2 Å². The van der Waals surface area contributed by atoms with E-state index in [0.29, 0.717) is 71.4 Å². The van der Waals surface area contributed by atoms with Crippen LogP contribution in [0.5, 0.6) is 0 Å². The van der Waals surface area contributed by atoms with Crippen LogP contribution in [-0.4, -0.2) is 124 Å². The number of cyclic esters (lactones) is 2. The Morgan fingerprint density at radius 2 is 1.44 bits per heavy atom. The van der Waals surface area contributed by atoms with E-state index < -0.39 is 53.2 Å². The maximum absolute atomic E-state index is 11.8. The Hall–Kier alpha value is -2.52. The number of aliphatic hydroxyl groups is 2. The molecule has 0 aliphatic carbocycles. The maximum atomic E-state index is 11.8. The van der Waals surface area contributed by atoms with E-state index >= 15 is 0 Å². The molecule has 2 saturated heterocycles. The fraction of sp³-hybridized carbons (Fsp3) is 0.750. The Labute approximate surface area is 340 Å². The minimum atomic E-state index is -6.15. The summed E-state index contributed by atoms with van der Waals surface area (Å²) in [6, 6.07) is 0. The van der Waals surface area contributed by atoms with Crippen LogP contribution >= 0.6 is 0 Å². The van der Waals surface area contributed by atoms with Crippen LogP contribution < -0.4 is 0 Å². The summed E-state index contributed by atoms with van der Waals surface area (Å²) in [5, 5.41) is 16.4. The van der Waals surface area contributed by atoms with Gasteiger partial charge in [0.2, 0.25) is 0 Å². The molecule has 2 fully saturated rings. The van der Waals surface area contributed by atoms with E-state index in [1.54, 1.807) is 26.0 Å². The standard InChI is InChI=1S/C15H26O5.C8H12O2.C5H8O2.C2H6O.2CHF3O3S.Sn/c1-3-8-13(9-7-11-16)15(18)20-12-6-5-10-14(17)19-4-2;1-2-4-7-5-3-6-10-8(7)9;6-5-3-1-2-4-7-5;1-2-3;2*2-1(3,4)8(5,6)7;/h3,13,16H,1,4-12H2,2H3;2,7H,1,3-6H2;1-4H2;3H,2H2,1H3;2*(H,5,6,7);/q;;;;;;+2/p-2. The third kappa shape index (κ3) is 31.1. The number of carbonyl (C=O) groups excluding carboxylic acids is 4. The number of alkyl halides is 6. The van der Waals surface area contributed by atoms with Gasteiger partial charge in [0.05, 0.1) is 38.3 Å². The van der Waals surface area contributed by atoms with Gasteiger partial charge in [-0.3, -0.25) is 19.2 Å². The Kier molecular flexibility index (Phi) is 34.4. The first-order valence-corrected chi connectivity index (χ1v) is 22.5. The molecular weight excluding hydrogens is 937 g/mol. The first-order chi connectivity index (χ1) is 26.5. The van der Waals surface area contributed by atoms with Gasteiger partial charge in [0.25, 0.3) is 0 Å². The Morgan fingerprint density at radius 1 is 0.877 bits per heavy atom. The van der Waals surface area contributed by atoms with Crippen LogP contribution in [0.1, 0.15) is 90.9 Å². The third-order valence-electron chi connectivity index (χ3n) is 6.44. The number of ether oxygens (including phenoxy) is 4. The number of esters is 4. The van der Waals surface area contributed by atoms with Gasteiger partial charge in [-0.15, -0.1) is 13.2 Å². The number of unbranched alkanes of at least 4 members (excludes halogenated alkanes) is 1. The summed E-state index contributed by atoms with van der Waals surface area (Å²) in [5.74, 6) is -0.700. The molecule has 2 aliphatic heterocycles. The molecule has 25 heteroatoms. The van der Waals surface area contributed by atoms with Crippen molar-refractivity contribution in [1.29, 1.82) is 0 Å². The molecule has 2 N–H and O–H groups in total. The number of allylic oxidation sites excluding steroid dienone is 2. The zero-order valence-electron chi connectivity index (χ0n) is 31.6. The van der Waals surface area contributed by atoms with Crippen LogP contribution in [0, 0.1) is 11.8 Å². The van der Waals surface area contributed by atoms with Crippen molar-refractivity contribution in [3.05, 3.63) is 25.3 Å². The van der Waals surface area contributed by atoms with E-state index in [2.05, 4.69) is 22.9 Å². The predicted molar refractivity (Wildman–Crippen MR) is 190 cm³/mol. The minimum absolute atomic E-state index is 0.0359. The van der Waals surface area contributed by atoms with Crippen molar-refractivity contribution in [2.75, 3.05) is 39.6 Å². The van der Waals surface area contributed by atoms with Crippen LogP contribution in [0.15, 0.2) is 25.3 Å². The molecule has 0 amide bonds. The summed E-state index contributed by atoms with van der Waals surface area (Å²) < 4.78 is 136. The number of aliphatic hydroxyl groups excluding tert-OH is 2. The van der Waals surface area contributed by atoms with Crippen LogP contribution in [0.2, 0.25) is 0 Å². The molecule has 2 rings (SSSR count). The number of rotatable bonds is 18. The molecular formula is C32H52F6O16S2Sn. The van der Waals surface area contributed by atoms with Crippen molar-refractivity contribution >= 4 is 66.1 Å². The van der Waals surface area contributed by atoms with Crippen molar-refractivity contribution in [3.63, 3.8) is 0 Å². The number of halogens is 6. The molecule has 2 radical (unpaired) electrons. The van der Waals surface area contributed by atoms with Crippen molar-refractivity contribution in [2.24, 2.45) is 11.8 Å². The first-order valence-electron chi connectivity index (χ1n) is 17.3. The molecule has 334 valence electrons. The third-order valence-corrected chi connectivity index (χ3v) is 13.1. The Bertz CT molecular complexity index is 1330. The Morgan fingerprint density at radius 3 is 1.84 bits per heavy atom. The van der Waals surface area contributed by atoms with Crippen molar-refractivity contribution in [1.82, 2.24) is 0 Å². The zero-order chi connectivity index (χ0) is 44.6. The fourth-order valence-corrected chi connectivity index (χ4v) is 8.09. The molecule has 0 spiro atoms. The second-order valence-corrected chi connectivity index (χ2v) is 17.5. The fourth-order valence-electron chi connectivity index (χ4n) is 3.75. The SMILES string of the molecule is C=CCC(CCCO)C(=O)OCCCCC(=O)OCC.C=CCC1CCCOC1=O.CCO.O=C1CCCCO1.O=S(=O)([O][Sn][O]S(=O)(=O)C(F)(F)F)C(F)(F)F. The molecule has 0 bridgehead atoms. The summed E-state index contributed by atoms with van der Waals surface area (Å²) in [4.78, 5) is 44.0. The quantitative estimate of drug-likeness (QED) is 0.0360. The average molecular weight is 990 g/mol. The van der Waals surface area contributed by atoms with Gasteiger partial charge in [0, 0.05) is 26.1 Å². The summed E-state index contributed by atoms with van der Waals surface area (Å²) in [5.41, 5.74) is -11.7. The molecule has 0 aromatic carbocycles. The summed E-state index contributed by atoms with van der Waals surface area (Å²) >= 11 is -3.86. The van der Waals surface area contributed by atoms with E-state index in [4.69, 9.17) is 24.4 Å². The molecule has 2 heterocycles. The summed E-state index contributed by atoms with van der Waals surface area (Å²) in [6.45, 7) is 12.9. The van der Waals surface area contributed by atoms with Crippen LogP contribution in [0.25, 0.3) is 0 Å². The van der Waals surface area contributed by atoms with Crippen molar-refractivity contribution < 1.29 is 96.6 Å². The average Bonchev–Trinajstić information content (AvgIpc) is 3.11. The van der Waals surface area contributed by atoms with Gasteiger partial charge in [0.15, 0.2) is 0 Å². The molecule has 0 saturated carbocycles. The molecule has 2 aliphatic rings. The van der Waals surface area contributed by atoms with Crippen LogP contribution in [-0.2, 0) is 63.4 Å². The van der Waals surface area contributed by atoms with Gasteiger partial charge in [0.1, 0.15) is 0 Å². The van der Waals surface area contributed by atoms with Crippen molar-refractivity contribution in [2.45, 2.75) is 102 Å². The number of hydrogen-bond donors (Lipinski definition) is 2. The topological polar surface area (TPSA) is 232 Å². The molecule has 0 aromatic heterocycles. The normalized spacial score (nSPS) is 16.0. The van der Waals surface area contributed by atoms with E-state index in [-0.39, 0.29) is 48.9 Å². The van der Waals surface area contributed by atoms with Gasteiger partial charge >= 0.3 is 125 Å². The monoisotopic (exact) mass is 990 g/mol. The molecule has 57 heavy (non-hydrogen) atoms.